The maximum Gasteiger partial charge on any atom is 0.316 e. The molecule has 0 spiro atoms. The van der Waals surface area contributed by atoms with Crippen LogP contribution in [0.5, 0.6) is 0 Å². The van der Waals surface area contributed by atoms with Crippen molar-refractivity contribution in [1.29, 1.82) is 0 Å². The van der Waals surface area contributed by atoms with E-state index < -0.39 is 0 Å². The Morgan fingerprint density at radius 1 is 1.00 bits per heavy atom. The monoisotopic (exact) mass is 393 g/mol. The predicted octanol–water partition coefficient (Wildman–Crippen LogP) is 6.85. The molecule has 1 heterocycles. The first kappa shape index (κ1) is 21.2. The standard InChI is InChI=1S/C21H31NO2S2/c1-2-3-4-5-6-7-8-9-10-13-16-24-20(23)17-25-21-22-18-14-11-12-15-19(18)26-21/h11-12,14-15H,2-10,13,16-17H2,1H3. The summed E-state index contributed by atoms with van der Waals surface area (Å²) in [5, 5.41) is 0. The molecule has 0 fully saturated rings. The number of esters is 1. The number of carbonyl (C=O) groups is 1. The van der Waals surface area contributed by atoms with Gasteiger partial charge in [-0.15, -0.1) is 11.3 Å². The number of hydrogen-bond donors (Lipinski definition) is 0. The predicted molar refractivity (Wildman–Crippen MR) is 113 cm³/mol. The number of para-hydroxylation sites is 1. The SMILES string of the molecule is CCCCCCCCCCCCOC(=O)CSc1nc2ccccc2s1. The lowest BCUT2D eigenvalue weighted by atomic mass is 10.1. The van der Waals surface area contributed by atoms with Crippen molar-refractivity contribution >= 4 is 39.3 Å². The first-order valence-corrected chi connectivity index (χ1v) is 11.7. The molecule has 3 nitrogen and oxygen atoms in total. The van der Waals surface area contributed by atoms with Crippen LogP contribution in [-0.2, 0) is 9.53 Å². The third kappa shape index (κ3) is 8.54. The van der Waals surface area contributed by atoms with Crippen molar-refractivity contribution in [3.8, 4) is 0 Å². The second-order valence-electron chi connectivity index (χ2n) is 6.64. The summed E-state index contributed by atoms with van der Waals surface area (Å²) in [6.07, 6.45) is 12.9. The highest BCUT2D eigenvalue weighted by atomic mass is 32.2. The summed E-state index contributed by atoms with van der Waals surface area (Å²) in [5.74, 6) is 0.211. The topological polar surface area (TPSA) is 39.2 Å². The van der Waals surface area contributed by atoms with Gasteiger partial charge < -0.3 is 4.74 Å². The summed E-state index contributed by atoms with van der Waals surface area (Å²) >= 11 is 3.10. The average Bonchev–Trinajstić information content (AvgIpc) is 3.07. The molecule has 0 saturated carbocycles. The molecule has 0 aliphatic rings. The maximum absolute atomic E-state index is 11.8. The van der Waals surface area contributed by atoms with Gasteiger partial charge in [0.2, 0.25) is 0 Å². The van der Waals surface area contributed by atoms with Crippen LogP contribution in [0.1, 0.15) is 71.1 Å². The van der Waals surface area contributed by atoms with Crippen LogP contribution in [0.3, 0.4) is 0 Å². The van der Waals surface area contributed by atoms with Gasteiger partial charge in [-0.1, -0.05) is 88.6 Å². The Labute approximate surface area is 165 Å². The van der Waals surface area contributed by atoms with Crippen molar-refractivity contribution in [3.63, 3.8) is 0 Å². The molecule has 2 rings (SSSR count). The molecule has 1 aromatic heterocycles. The Kier molecular flexibility index (Phi) is 10.7. The molecule has 26 heavy (non-hydrogen) atoms. The van der Waals surface area contributed by atoms with Crippen LogP contribution in [0.25, 0.3) is 10.2 Å². The Hall–Kier alpha value is -1.07. The van der Waals surface area contributed by atoms with Gasteiger partial charge in [0, 0.05) is 0 Å². The molecule has 1 aromatic carbocycles. The Balaban J connectivity index is 1.44. The second kappa shape index (κ2) is 13.2. The number of thiazole rings is 1. The number of rotatable bonds is 14. The van der Waals surface area contributed by atoms with Crippen LogP contribution in [0.2, 0.25) is 0 Å². The number of carbonyl (C=O) groups excluding carboxylic acids is 1. The molecule has 0 saturated heterocycles. The van der Waals surface area contributed by atoms with Gasteiger partial charge in [-0.3, -0.25) is 4.79 Å². The zero-order valence-corrected chi connectivity index (χ0v) is 17.5. The Bertz CT molecular complexity index is 609. The van der Waals surface area contributed by atoms with Gasteiger partial charge in [0.25, 0.3) is 0 Å². The quantitative estimate of drug-likeness (QED) is 0.200. The fourth-order valence-corrected chi connectivity index (χ4v) is 4.72. The van der Waals surface area contributed by atoms with Crippen LogP contribution in [-0.4, -0.2) is 23.3 Å². The van der Waals surface area contributed by atoms with E-state index in [4.69, 9.17) is 4.74 Å². The van der Waals surface area contributed by atoms with Gasteiger partial charge in [-0.2, -0.15) is 0 Å². The van der Waals surface area contributed by atoms with Gasteiger partial charge in [0.05, 0.1) is 22.6 Å². The van der Waals surface area contributed by atoms with E-state index in [1.807, 2.05) is 18.2 Å². The number of ether oxygens (including phenoxy) is 1. The molecular formula is C21H31NO2S2. The number of thioether (sulfide) groups is 1. The van der Waals surface area contributed by atoms with Gasteiger partial charge in [0.1, 0.15) is 0 Å². The number of unbranched alkanes of at least 4 members (excludes halogenated alkanes) is 9. The lowest BCUT2D eigenvalue weighted by molar-refractivity contribution is -0.140. The molecule has 144 valence electrons. The highest BCUT2D eigenvalue weighted by molar-refractivity contribution is 8.01. The van der Waals surface area contributed by atoms with E-state index in [1.165, 1.54) is 63.1 Å². The van der Waals surface area contributed by atoms with E-state index in [0.29, 0.717) is 12.4 Å². The van der Waals surface area contributed by atoms with Crippen LogP contribution in [0, 0.1) is 0 Å². The van der Waals surface area contributed by atoms with Crippen molar-refractivity contribution < 1.29 is 9.53 Å². The molecule has 0 aliphatic heterocycles. The average molecular weight is 394 g/mol. The third-order valence-corrected chi connectivity index (χ3v) is 6.50. The van der Waals surface area contributed by atoms with E-state index in [9.17, 15) is 4.79 Å². The number of benzene rings is 1. The molecule has 0 amide bonds. The van der Waals surface area contributed by atoms with Gasteiger partial charge >= 0.3 is 5.97 Å². The Morgan fingerprint density at radius 2 is 1.65 bits per heavy atom. The van der Waals surface area contributed by atoms with Crippen molar-refractivity contribution in [2.45, 2.75) is 75.5 Å². The third-order valence-electron chi connectivity index (χ3n) is 4.35. The minimum atomic E-state index is -0.134. The van der Waals surface area contributed by atoms with E-state index in [2.05, 4.69) is 18.0 Å². The van der Waals surface area contributed by atoms with E-state index in [0.717, 1.165) is 27.4 Å². The molecule has 2 aromatic rings. The zero-order chi connectivity index (χ0) is 18.5. The van der Waals surface area contributed by atoms with Gasteiger partial charge in [0.15, 0.2) is 4.34 Å². The number of hydrogen-bond acceptors (Lipinski definition) is 5. The highest BCUT2D eigenvalue weighted by Crippen LogP contribution is 2.29. The van der Waals surface area contributed by atoms with Crippen LogP contribution in [0.4, 0.5) is 0 Å². The summed E-state index contributed by atoms with van der Waals surface area (Å²) in [7, 11) is 0. The van der Waals surface area contributed by atoms with Gasteiger partial charge in [-0.05, 0) is 18.6 Å². The summed E-state index contributed by atoms with van der Waals surface area (Å²) in [4.78, 5) is 16.3. The van der Waals surface area contributed by atoms with Crippen LogP contribution < -0.4 is 0 Å². The number of fused-ring (bicyclic) bond motifs is 1. The number of nitrogens with zero attached hydrogens (tertiary/aromatic N) is 1. The fourth-order valence-electron chi connectivity index (χ4n) is 2.85. The van der Waals surface area contributed by atoms with Gasteiger partial charge in [-0.25, -0.2) is 4.98 Å². The summed E-state index contributed by atoms with van der Waals surface area (Å²) in [6.45, 7) is 2.81. The van der Waals surface area contributed by atoms with Crippen molar-refractivity contribution in [2.75, 3.05) is 12.4 Å². The normalized spacial score (nSPS) is 11.1. The molecule has 0 bridgehead atoms. The molecule has 0 atom stereocenters. The highest BCUT2D eigenvalue weighted by Gasteiger charge is 2.08. The molecule has 0 N–H and O–H groups in total. The smallest absolute Gasteiger partial charge is 0.316 e. The molecule has 5 heteroatoms. The van der Waals surface area contributed by atoms with E-state index in [-0.39, 0.29) is 5.97 Å². The molecule has 0 unspecified atom stereocenters. The fraction of sp³-hybridized carbons (Fsp3) is 0.619. The first-order chi connectivity index (χ1) is 12.8. The summed E-state index contributed by atoms with van der Waals surface area (Å²) in [6, 6.07) is 8.05. The van der Waals surface area contributed by atoms with Crippen molar-refractivity contribution in [2.24, 2.45) is 0 Å². The van der Waals surface area contributed by atoms with E-state index >= 15 is 0 Å². The number of aromatic nitrogens is 1. The lowest BCUT2D eigenvalue weighted by Crippen LogP contribution is -2.08. The molecule has 0 aliphatic carbocycles. The summed E-state index contributed by atoms with van der Waals surface area (Å²) < 4.78 is 7.42. The molecule has 0 radical (unpaired) electrons. The minimum absolute atomic E-state index is 0.134. The lowest BCUT2D eigenvalue weighted by Gasteiger charge is -2.04. The molecular weight excluding hydrogens is 362 g/mol. The van der Waals surface area contributed by atoms with Crippen molar-refractivity contribution in [3.05, 3.63) is 24.3 Å². The zero-order valence-electron chi connectivity index (χ0n) is 15.9. The Morgan fingerprint density at radius 3 is 2.35 bits per heavy atom. The first-order valence-electron chi connectivity index (χ1n) is 9.93. The van der Waals surface area contributed by atoms with Crippen LogP contribution in [0.15, 0.2) is 28.6 Å². The van der Waals surface area contributed by atoms with Crippen molar-refractivity contribution in [1.82, 2.24) is 4.98 Å². The minimum Gasteiger partial charge on any atom is -0.465 e. The van der Waals surface area contributed by atoms with E-state index in [1.54, 1.807) is 11.3 Å². The van der Waals surface area contributed by atoms with Crippen LogP contribution >= 0.6 is 23.1 Å². The maximum atomic E-state index is 11.8. The summed E-state index contributed by atoms with van der Waals surface area (Å²) in [5.41, 5.74) is 0.999. The second-order valence-corrected chi connectivity index (χ2v) is 8.89. The largest absolute Gasteiger partial charge is 0.465 e.